The molecule has 1 aliphatic heterocycles. The Kier molecular flexibility index (Phi) is 5.28. The Morgan fingerprint density at radius 1 is 1.04 bits per heavy atom. The summed E-state index contributed by atoms with van der Waals surface area (Å²) in [6.07, 6.45) is 4.26. The normalized spacial score (nSPS) is 17.3. The molecule has 140 valence electrons. The molecule has 3 aromatic rings. The van der Waals surface area contributed by atoms with Crippen LogP contribution in [-0.2, 0) is 11.3 Å². The number of rotatable bonds is 6. The summed E-state index contributed by atoms with van der Waals surface area (Å²) in [6.45, 7) is 7.42. The van der Waals surface area contributed by atoms with Gasteiger partial charge in [-0.15, -0.1) is 0 Å². The highest BCUT2D eigenvalue weighted by Crippen LogP contribution is 2.29. The van der Waals surface area contributed by atoms with Crippen LogP contribution in [0, 0.1) is 6.92 Å². The molecular formula is C23H26N2O2. The first-order valence-corrected chi connectivity index (χ1v) is 9.55. The molecule has 0 aliphatic carbocycles. The summed E-state index contributed by atoms with van der Waals surface area (Å²) in [6, 6.07) is 19.1. The summed E-state index contributed by atoms with van der Waals surface area (Å²) in [7, 11) is 0. The highest BCUT2D eigenvalue weighted by molar-refractivity contribution is 5.39. The molecule has 0 spiro atoms. The average Bonchev–Trinajstić information content (AvgIpc) is 3.34. The lowest BCUT2D eigenvalue weighted by molar-refractivity contribution is 0.0288. The molecule has 1 atom stereocenters. The molecule has 0 saturated carbocycles. The predicted octanol–water partition coefficient (Wildman–Crippen LogP) is 4.72. The number of aryl methyl sites for hydroxylation is 1. The van der Waals surface area contributed by atoms with Gasteiger partial charge in [0, 0.05) is 36.7 Å². The van der Waals surface area contributed by atoms with Gasteiger partial charge in [0.2, 0.25) is 0 Å². The Labute approximate surface area is 161 Å². The molecule has 1 aromatic heterocycles. The first kappa shape index (κ1) is 17.8. The predicted molar refractivity (Wildman–Crippen MR) is 107 cm³/mol. The van der Waals surface area contributed by atoms with Crippen molar-refractivity contribution in [2.75, 3.05) is 19.8 Å². The van der Waals surface area contributed by atoms with Gasteiger partial charge in [-0.05, 0) is 49.7 Å². The SMILES string of the molecule is CCOc1ccc(-n2ccc([C@H]3OCCN3Cc3ccc(C)cc3)c2)cc1. The first-order chi connectivity index (χ1) is 13.2. The van der Waals surface area contributed by atoms with E-state index < -0.39 is 0 Å². The second-order valence-corrected chi connectivity index (χ2v) is 6.96. The molecule has 0 N–H and O–H groups in total. The lowest BCUT2D eigenvalue weighted by atomic mass is 10.1. The number of nitrogens with zero attached hydrogens (tertiary/aromatic N) is 2. The van der Waals surface area contributed by atoms with Crippen LogP contribution in [0.1, 0.15) is 29.8 Å². The molecule has 1 aliphatic rings. The Morgan fingerprint density at radius 3 is 2.56 bits per heavy atom. The maximum absolute atomic E-state index is 6.04. The van der Waals surface area contributed by atoms with Gasteiger partial charge < -0.3 is 14.0 Å². The summed E-state index contributed by atoms with van der Waals surface area (Å²) in [5.74, 6) is 0.900. The molecule has 27 heavy (non-hydrogen) atoms. The molecule has 1 fully saturated rings. The number of ether oxygens (including phenoxy) is 2. The molecule has 2 heterocycles. The highest BCUT2D eigenvalue weighted by Gasteiger charge is 2.27. The fourth-order valence-corrected chi connectivity index (χ4v) is 3.50. The molecular weight excluding hydrogens is 336 g/mol. The summed E-state index contributed by atoms with van der Waals surface area (Å²) in [5, 5.41) is 0. The summed E-state index contributed by atoms with van der Waals surface area (Å²) < 4.78 is 13.7. The van der Waals surface area contributed by atoms with E-state index in [1.54, 1.807) is 0 Å². The Hall–Kier alpha value is -2.56. The van der Waals surface area contributed by atoms with Gasteiger partial charge in [0.1, 0.15) is 12.0 Å². The van der Waals surface area contributed by atoms with Crippen molar-refractivity contribution in [1.82, 2.24) is 9.47 Å². The third-order valence-corrected chi connectivity index (χ3v) is 4.94. The molecule has 4 heteroatoms. The zero-order valence-electron chi connectivity index (χ0n) is 16.0. The second-order valence-electron chi connectivity index (χ2n) is 6.96. The van der Waals surface area contributed by atoms with Crippen molar-refractivity contribution >= 4 is 0 Å². The van der Waals surface area contributed by atoms with Crippen LogP contribution in [0.25, 0.3) is 5.69 Å². The van der Waals surface area contributed by atoms with Crippen LogP contribution < -0.4 is 4.74 Å². The van der Waals surface area contributed by atoms with Gasteiger partial charge in [-0.3, -0.25) is 4.90 Å². The maximum Gasteiger partial charge on any atom is 0.138 e. The van der Waals surface area contributed by atoms with Crippen LogP contribution in [0.15, 0.2) is 67.0 Å². The van der Waals surface area contributed by atoms with E-state index in [2.05, 4.69) is 71.2 Å². The van der Waals surface area contributed by atoms with Crippen LogP contribution in [0.2, 0.25) is 0 Å². The van der Waals surface area contributed by atoms with Crippen LogP contribution in [0.5, 0.6) is 5.75 Å². The van der Waals surface area contributed by atoms with Crippen molar-refractivity contribution in [2.24, 2.45) is 0 Å². The topological polar surface area (TPSA) is 26.6 Å². The fraction of sp³-hybridized carbons (Fsp3) is 0.304. The van der Waals surface area contributed by atoms with E-state index >= 15 is 0 Å². The van der Waals surface area contributed by atoms with Gasteiger partial charge in [0.25, 0.3) is 0 Å². The van der Waals surface area contributed by atoms with E-state index in [9.17, 15) is 0 Å². The largest absolute Gasteiger partial charge is 0.494 e. The lowest BCUT2D eigenvalue weighted by Gasteiger charge is -2.22. The van der Waals surface area contributed by atoms with Crippen molar-refractivity contribution in [1.29, 1.82) is 0 Å². The Morgan fingerprint density at radius 2 is 1.81 bits per heavy atom. The van der Waals surface area contributed by atoms with Gasteiger partial charge in [0.15, 0.2) is 0 Å². The average molecular weight is 362 g/mol. The minimum absolute atomic E-state index is 0.00949. The van der Waals surface area contributed by atoms with E-state index in [1.165, 1.54) is 16.7 Å². The quantitative estimate of drug-likeness (QED) is 0.635. The standard InChI is InChI=1S/C23H26N2O2/c1-3-26-22-10-8-21(9-11-22)24-13-12-20(17-24)23-25(14-15-27-23)16-19-6-4-18(2)5-7-19/h4-13,17,23H,3,14-16H2,1-2H3/t23-/m1/s1. The third-order valence-electron chi connectivity index (χ3n) is 4.94. The van der Waals surface area contributed by atoms with Crippen molar-refractivity contribution in [2.45, 2.75) is 26.6 Å². The van der Waals surface area contributed by atoms with Crippen molar-refractivity contribution < 1.29 is 9.47 Å². The zero-order chi connectivity index (χ0) is 18.6. The van der Waals surface area contributed by atoms with E-state index in [0.717, 1.165) is 31.1 Å². The molecule has 0 radical (unpaired) electrons. The lowest BCUT2D eigenvalue weighted by Crippen LogP contribution is -2.23. The molecule has 0 amide bonds. The molecule has 4 rings (SSSR count). The van der Waals surface area contributed by atoms with Gasteiger partial charge in [0.05, 0.1) is 13.2 Å². The van der Waals surface area contributed by atoms with Gasteiger partial charge >= 0.3 is 0 Å². The summed E-state index contributed by atoms with van der Waals surface area (Å²) >= 11 is 0. The summed E-state index contributed by atoms with van der Waals surface area (Å²) in [4.78, 5) is 2.39. The van der Waals surface area contributed by atoms with Crippen LogP contribution in [0.3, 0.4) is 0 Å². The third kappa shape index (κ3) is 4.07. The van der Waals surface area contributed by atoms with E-state index in [1.807, 2.05) is 19.1 Å². The molecule has 4 nitrogen and oxygen atoms in total. The maximum atomic E-state index is 6.04. The Bertz CT molecular complexity index is 868. The monoisotopic (exact) mass is 362 g/mol. The smallest absolute Gasteiger partial charge is 0.138 e. The molecule has 0 bridgehead atoms. The highest BCUT2D eigenvalue weighted by atomic mass is 16.5. The fourth-order valence-electron chi connectivity index (χ4n) is 3.50. The number of hydrogen-bond donors (Lipinski definition) is 0. The minimum atomic E-state index is 0.00949. The van der Waals surface area contributed by atoms with E-state index in [-0.39, 0.29) is 6.23 Å². The van der Waals surface area contributed by atoms with Crippen molar-refractivity contribution in [3.63, 3.8) is 0 Å². The first-order valence-electron chi connectivity index (χ1n) is 9.55. The van der Waals surface area contributed by atoms with Crippen molar-refractivity contribution in [3.8, 4) is 11.4 Å². The zero-order valence-corrected chi connectivity index (χ0v) is 16.0. The Balaban J connectivity index is 1.48. The van der Waals surface area contributed by atoms with Crippen molar-refractivity contribution in [3.05, 3.63) is 83.7 Å². The van der Waals surface area contributed by atoms with Crippen LogP contribution in [0.4, 0.5) is 0 Å². The molecule has 2 aromatic carbocycles. The molecule has 0 unspecified atom stereocenters. The molecule has 1 saturated heterocycles. The van der Waals surface area contributed by atoms with Crippen LogP contribution >= 0.6 is 0 Å². The number of hydrogen-bond acceptors (Lipinski definition) is 3. The van der Waals surface area contributed by atoms with Gasteiger partial charge in [-0.1, -0.05) is 29.8 Å². The van der Waals surface area contributed by atoms with Gasteiger partial charge in [-0.2, -0.15) is 0 Å². The van der Waals surface area contributed by atoms with Crippen LogP contribution in [-0.4, -0.2) is 29.2 Å². The van der Waals surface area contributed by atoms with E-state index in [0.29, 0.717) is 6.61 Å². The number of aromatic nitrogens is 1. The summed E-state index contributed by atoms with van der Waals surface area (Å²) in [5.41, 5.74) is 4.92. The second kappa shape index (κ2) is 7.99. The minimum Gasteiger partial charge on any atom is -0.494 e. The number of benzene rings is 2. The van der Waals surface area contributed by atoms with Gasteiger partial charge in [-0.25, -0.2) is 0 Å². The van der Waals surface area contributed by atoms with E-state index in [4.69, 9.17) is 9.47 Å².